The van der Waals surface area contributed by atoms with E-state index in [9.17, 15) is 4.79 Å². The second-order valence-electron chi connectivity index (χ2n) is 8.05. The summed E-state index contributed by atoms with van der Waals surface area (Å²) < 4.78 is 0. The van der Waals surface area contributed by atoms with Gasteiger partial charge in [0, 0.05) is 35.1 Å². The number of rotatable bonds is 4. The van der Waals surface area contributed by atoms with Crippen molar-refractivity contribution in [2.75, 3.05) is 5.73 Å². The average molecular weight is 387 g/mol. The Morgan fingerprint density at radius 3 is 2.76 bits per heavy atom. The van der Waals surface area contributed by atoms with Gasteiger partial charge in [0.05, 0.1) is 5.70 Å². The van der Waals surface area contributed by atoms with Crippen molar-refractivity contribution in [3.8, 4) is 0 Å². The molecule has 6 nitrogen and oxygen atoms in total. The quantitative estimate of drug-likeness (QED) is 0.545. The van der Waals surface area contributed by atoms with Gasteiger partial charge in [-0.3, -0.25) is 4.79 Å². The molecule has 0 saturated heterocycles. The Kier molecular flexibility index (Phi) is 4.27. The molecular formula is C23H25N5O. The van der Waals surface area contributed by atoms with E-state index in [1.165, 1.54) is 19.3 Å². The molecule has 1 fully saturated rings. The van der Waals surface area contributed by atoms with Gasteiger partial charge in [0.25, 0.3) is 0 Å². The van der Waals surface area contributed by atoms with Crippen molar-refractivity contribution in [3.63, 3.8) is 0 Å². The maximum absolute atomic E-state index is 12.9. The zero-order valence-corrected chi connectivity index (χ0v) is 16.2. The highest BCUT2D eigenvalue weighted by Crippen LogP contribution is 2.40. The van der Waals surface area contributed by atoms with Crippen LogP contribution in [0.15, 0.2) is 65.6 Å². The van der Waals surface area contributed by atoms with Gasteiger partial charge in [-0.15, -0.1) is 0 Å². The number of anilines is 1. The summed E-state index contributed by atoms with van der Waals surface area (Å²) in [7, 11) is 0. The molecule has 2 unspecified atom stereocenters. The van der Waals surface area contributed by atoms with E-state index in [0.717, 1.165) is 17.0 Å². The molecule has 0 radical (unpaired) electrons. The minimum Gasteiger partial charge on any atom is -0.398 e. The van der Waals surface area contributed by atoms with Crippen LogP contribution in [-0.2, 0) is 0 Å². The largest absolute Gasteiger partial charge is 0.398 e. The molecule has 0 bridgehead atoms. The van der Waals surface area contributed by atoms with Crippen molar-refractivity contribution in [3.05, 3.63) is 71.7 Å². The fraction of sp³-hybridized carbons (Fsp3) is 0.304. The highest BCUT2D eigenvalue weighted by atomic mass is 16.1. The van der Waals surface area contributed by atoms with Gasteiger partial charge in [-0.2, -0.15) is 0 Å². The lowest BCUT2D eigenvalue weighted by Crippen LogP contribution is -2.45. The molecule has 0 spiro atoms. The molecule has 1 saturated carbocycles. The highest BCUT2D eigenvalue weighted by molar-refractivity contribution is 6.06. The molecular weight excluding hydrogens is 362 g/mol. The number of ketones is 1. The first-order valence-electron chi connectivity index (χ1n) is 10.2. The van der Waals surface area contributed by atoms with Crippen LogP contribution in [0.3, 0.4) is 0 Å². The van der Waals surface area contributed by atoms with Crippen molar-refractivity contribution in [1.29, 1.82) is 0 Å². The standard InChI is InChI=1S/C23H25N5O/c24-18-13-16(9-10-17(18)21(29)14-5-2-1-3-6-14)19-20-22(25)26-11-12-28(20)23(27-19)15-7-4-8-15/h1-3,5,9-15,23,27H,4,6-8,24H2,(H2,25,26). The number of benzene rings is 1. The highest BCUT2D eigenvalue weighted by Gasteiger charge is 2.40. The summed E-state index contributed by atoms with van der Waals surface area (Å²) in [6.45, 7) is 0. The van der Waals surface area contributed by atoms with Gasteiger partial charge in [0.2, 0.25) is 0 Å². The van der Waals surface area contributed by atoms with E-state index in [-0.39, 0.29) is 17.9 Å². The van der Waals surface area contributed by atoms with Crippen LogP contribution in [0.4, 0.5) is 5.69 Å². The van der Waals surface area contributed by atoms with Crippen LogP contribution >= 0.6 is 0 Å². The van der Waals surface area contributed by atoms with Crippen molar-refractivity contribution in [2.45, 2.75) is 31.8 Å². The maximum atomic E-state index is 12.9. The molecule has 2 heterocycles. The minimum absolute atomic E-state index is 0.0577. The molecule has 0 amide bonds. The maximum Gasteiger partial charge on any atom is 0.172 e. The Bertz CT molecular complexity index is 1010. The summed E-state index contributed by atoms with van der Waals surface area (Å²) >= 11 is 0. The topological polar surface area (TPSA) is 96.7 Å². The number of nitrogens with zero attached hydrogens (tertiary/aromatic N) is 2. The normalized spacial score (nSPS) is 25.5. The predicted octanol–water partition coefficient (Wildman–Crippen LogP) is 3.13. The second kappa shape index (κ2) is 6.95. The number of amidine groups is 1. The Hall–Kier alpha value is -3.28. The van der Waals surface area contributed by atoms with Crippen molar-refractivity contribution in [2.24, 2.45) is 22.6 Å². The molecule has 2 atom stereocenters. The van der Waals surface area contributed by atoms with E-state index >= 15 is 0 Å². The van der Waals surface area contributed by atoms with Crippen molar-refractivity contribution in [1.82, 2.24) is 10.2 Å². The molecule has 0 aromatic heterocycles. The van der Waals surface area contributed by atoms with Crippen molar-refractivity contribution >= 4 is 23.0 Å². The fourth-order valence-electron chi connectivity index (χ4n) is 4.47. The SMILES string of the molecule is NC1=NC=CN2C1=C(c1ccc(C(=O)C3C=CC=CC3)c(N)c1)NC2C1CCC1. The smallest absolute Gasteiger partial charge is 0.172 e. The number of nitrogen functional groups attached to an aromatic ring is 1. The molecule has 1 aromatic rings. The molecule has 5 N–H and O–H groups in total. The molecule has 5 rings (SSSR count). The van der Waals surface area contributed by atoms with Crippen LogP contribution in [0.5, 0.6) is 0 Å². The van der Waals surface area contributed by atoms with E-state index in [1.54, 1.807) is 6.20 Å². The zero-order chi connectivity index (χ0) is 20.0. The van der Waals surface area contributed by atoms with Crippen LogP contribution in [0.25, 0.3) is 5.70 Å². The average Bonchev–Trinajstić information content (AvgIpc) is 3.07. The Balaban J connectivity index is 1.48. The van der Waals surface area contributed by atoms with Gasteiger partial charge in [-0.1, -0.05) is 36.8 Å². The molecule has 2 aliphatic heterocycles. The van der Waals surface area contributed by atoms with E-state index in [2.05, 4.69) is 15.2 Å². The van der Waals surface area contributed by atoms with Gasteiger partial charge in [-0.25, -0.2) is 4.99 Å². The lowest BCUT2D eigenvalue weighted by molar-refractivity contribution is 0.0946. The number of carbonyl (C=O) groups is 1. The molecule has 148 valence electrons. The molecule has 2 aliphatic carbocycles. The number of aliphatic imine (C=N–C) groups is 1. The Morgan fingerprint density at radius 1 is 1.21 bits per heavy atom. The van der Waals surface area contributed by atoms with Crippen LogP contribution in [0.1, 0.15) is 41.6 Å². The summed E-state index contributed by atoms with van der Waals surface area (Å²) in [5.74, 6) is 0.990. The fourth-order valence-corrected chi connectivity index (χ4v) is 4.47. The van der Waals surface area contributed by atoms with Gasteiger partial charge in [0.15, 0.2) is 5.78 Å². The van der Waals surface area contributed by atoms with E-state index < -0.39 is 0 Å². The summed E-state index contributed by atoms with van der Waals surface area (Å²) in [5, 5.41) is 3.65. The number of hydrogen-bond acceptors (Lipinski definition) is 6. The van der Waals surface area contributed by atoms with E-state index in [1.807, 2.05) is 48.7 Å². The zero-order valence-electron chi connectivity index (χ0n) is 16.2. The minimum atomic E-state index is -0.149. The Labute approximate surface area is 170 Å². The number of allylic oxidation sites excluding steroid dienone is 4. The third kappa shape index (κ3) is 2.95. The third-order valence-electron chi connectivity index (χ3n) is 6.29. The number of carbonyl (C=O) groups excluding carboxylic acids is 1. The first-order valence-corrected chi connectivity index (χ1v) is 10.2. The molecule has 29 heavy (non-hydrogen) atoms. The van der Waals surface area contributed by atoms with E-state index in [0.29, 0.717) is 29.4 Å². The first-order chi connectivity index (χ1) is 14.1. The number of Topliss-reactive ketones (excluding diaryl/α,β-unsaturated/α-hetero) is 1. The third-order valence-corrected chi connectivity index (χ3v) is 6.29. The summed E-state index contributed by atoms with van der Waals surface area (Å²) in [6, 6.07) is 5.66. The Morgan fingerprint density at radius 2 is 2.07 bits per heavy atom. The number of fused-ring (bicyclic) bond motifs is 1. The number of nitrogens with one attached hydrogen (secondary N) is 1. The van der Waals surface area contributed by atoms with Gasteiger partial charge in [-0.05, 0) is 37.3 Å². The van der Waals surface area contributed by atoms with Crippen LogP contribution in [0, 0.1) is 11.8 Å². The van der Waals surface area contributed by atoms with Gasteiger partial charge < -0.3 is 21.7 Å². The van der Waals surface area contributed by atoms with Crippen molar-refractivity contribution < 1.29 is 4.79 Å². The molecule has 4 aliphatic rings. The number of nitrogens with two attached hydrogens (primary N) is 2. The molecule has 1 aromatic carbocycles. The monoisotopic (exact) mass is 387 g/mol. The van der Waals surface area contributed by atoms with Crippen LogP contribution in [-0.4, -0.2) is 22.7 Å². The van der Waals surface area contributed by atoms with Crippen LogP contribution < -0.4 is 16.8 Å². The second-order valence-corrected chi connectivity index (χ2v) is 8.05. The first kappa shape index (κ1) is 17.8. The van der Waals surface area contributed by atoms with Gasteiger partial charge >= 0.3 is 0 Å². The van der Waals surface area contributed by atoms with E-state index in [4.69, 9.17) is 11.5 Å². The summed E-state index contributed by atoms with van der Waals surface area (Å²) in [4.78, 5) is 19.4. The lowest BCUT2D eigenvalue weighted by Gasteiger charge is -2.37. The summed E-state index contributed by atoms with van der Waals surface area (Å²) in [5.41, 5.74) is 16.4. The van der Waals surface area contributed by atoms with Crippen LogP contribution in [0.2, 0.25) is 0 Å². The van der Waals surface area contributed by atoms with Gasteiger partial charge in [0.1, 0.15) is 17.7 Å². The lowest BCUT2D eigenvalue weighted by atomic mass is 9.82. The predicted molar refractivity (Wildman–Crippen MR) is 115 cm³/mol. The summed E-state index contributed by atoms with van der Waals surface area (Å²) in [6.07, 6.45) is 16.1. The molecule has 6 heteroatoms. The number of hydrogen-bond donors (Lipinski definition) is 3.